The number of anilines is 2. The van der Waals surface area contributed by atoms with Crippen LogP contribution in [0.2, 0.25) is 0 Å². The molecule has 10 nitrogen and oxygen atoms in total. The molecule has 2 aliphatic carbocycles. The third kappa shape index (κ3) is 3.46. The number of fused-ring (bicyclic) bond motifs is 2. The molecule has 3 aromatic rings. The summed E-state index contributed by atoms with van der Waals surface area (Å²) in [5, 5.41) is 39.3. The van der Waals surface area contributed by atoms with Gasteiger partial charge in [-0.2, -0.15) is 4.98 Å². The average Bonchev–Trinajstić information content (AvgIpc) is 3.06. The molecule has 5 rings (SSSR count). The lowest BCUT2D eigenvalue weighted by Crippen LogP contribution is -2.51. The Morgan fingerprint density at radius 1 is 1.24 bits per heavy atom. The van der Waals surface area contributed by atoms with Crippen LogP contribution in [0.5, 0.6) is 0 Å². The van der Waals surface area contributed by atoms with E-state index < -0.39 is 17.4 Å². The van der Waals surface area contributed by atoms with Crippen molar-refractivity contribution in [3.63, 3.8) is 0 Å². The zero-order valence-corrected chi connectivity index (χ0v) is 19.8. The van der Waals surface area contributed by atoms with Gasteiger partial charge in [0.1, 0.15) is 21.9 Å². The van der Waals surface area contributed by atoms with E-state index in [0.717, 1.165) is 15.9 Å². The number of nitrogens with one attached hydrogen (secondary N) is 2. The van der Waals surface area contributed by atoms with Gasteiger partial charge in [0.05, 0.1) is 33.9 Å². The maximum absolute atomic E-state index is 11.3. The Morgan fingerprint density at radius 2 is 2.03 bits per heavy atom. The standard InChI is InChI=1S/C22H28N6O4S/c1-10(32-4)9-24-20-25-11(2)15(19-26-16-12(3)23-8-6-14(16)33-19)18(27-20)28-21(30)7-5-13-17(29)22(13,21)31/h6,8,10,13,17,29-31H,5,7,9H2,1-4H3,(H2,24,25,27,28). The monoisotopic (exact) mass is 472 g/mol. The number of hydrogen-bond donors (Lipinski definition) is 5. The van der Waals surface area contributed by atoms with Gasteiger partial charge in [-0.05, 0) is 39.7 Å². The average molecular weight is 473 g/mol. The van der Waals surface area contributed by atoms with Gasteiger partial charge in [-0.1, -0.05) is 0 Å². The van der Waals surface area contributed by atoms with Crippen LogP contribution in [0.3, 0.4) is 0 Å². The number of aromatic nitrogens is 4. The van der Waals surface area contributed by atoms with Gasteiger partial charge in [0.25, 0.3) is 0 Å². The number of pyridine rings is 1. The summed E-state index contributed by atoms with van der Waals surface area (Å²) in [5.74, 6) is 0.358. The summed E-state index contributed by atoms with van der Waals surface area (Å²) >= 11 is 1.48. The quantitative estimate of drug-likeness (QED) is 0.323. The number of ether oxygens (including phenoxy) is 1. The minimum absolute atomic E-state index is 0.0492. The van der Waals surface area contributed by atoms with E-state index >= 15 is 0 Å². The number of aryl methyl sites for hydroxylation is 2. The van der Waals surface area contributed by atoms with Crippen molar-refractivity contribution >= 4 is 33.3 Å². The fraction of sp³-hybridized carbons (Fsp3) is 0.545. The van der Waals surface area contributed by atoms with Crippen molar-refractivity contribution in [1.82, 2.24) is 19.9 Å². The van der Waals surface area contributed by atoms with Crippen molar-refractivity contribution < 1.29 is 20.1 Å². The number of methoxy groups -OCH3 is 1. The van der Waals surface area contributed by atoms with Gasteiger partial charge in [-0.15, -0.1) is 11.3 Å². The lowest BCUT2D eigenvalue weighted by atomic mass is 10.0. The molecular weight excluding hydrogens is 444 g/mol. The van der Waals surface area contributed by atoms with Gasteiger partial charge in [-0.25, -0.2) is 9.97 Å². The number of nitrogens with zero attached hydrogens (tertiary/aromatic N) is 4. The first-order valence-corrected chi connectivity index (χ1v) is 11.8. The molecule has 0 aromatic carbocycles. The first kappa shape index (κ1) is 22.4. The fourth-order valence-corrected chi connectivity index (χ4v) is 5.79. The molecule has 0 aliphatic heterocycles. The smallest absolute Gasteiger partial charge is 0.224 e. The van der Waals surface area contributed by atoms with Crippen LogP contribution in [0.15, 0.2) is 12.3 Å². The number of aliphatic hydroxyl groups excluding tert-OH is 1. The SMILES string of the molecule is COC(C)CNc1nc(C)c(-c2nc3c(C)nccc3s2)c(NC2(O)CCC3C(O)C32O)n1. The Hall–Kier alpha value is -2.44. The molecule has 0 bridgehead atoms. The maximum Gasteiger partial charge on any atom is 0.224 e. The Bertz CT molecular complexity index is 1220. The second kappa shape index (κ2) is 7.81. The Balaban J connectivity index is 1.59. The third-order valence-corrected chi connectivity index (χ3v) is 7.88. The van der Waals surface area contributed by atoms with E-state index in [1.54, 1.807) is 13.3 Å². The number of aliphatic hydroxyl groups is 3. The van der Waals surface area contributed by atoms with Gasteiger partial charge in [0, 0.05) is 25.8 Å². The second-order valence-electron chi connectivity index (χ2n) is 8.95. The Morgan fingerprint density at radius 3 is 2.70 bits per heavy atom. The van der Waals surface area contributed by atoms with E-state index in [1.165, 1.54) is 11.3 Å². The minimum Gasteiger partial charge on any atom is -0.390 e. The van der Waals surface area contributed by atoms with Gasteiger partial charge >= 0.3 is 0 Å². The molecule has 3 heterocycles. The number of hydrogen-bond acceptors (Lipinski definition) is 11. The molecule has 2 fully saturated rings. The first-order valence-electron chi connectivity index (χ1n) is 11.0. The highest BCUT2D eigenvalue weighted by Crippen LogP contribution is 2.61. The molecule has 2 saturated carbocycles. The van der Waals surface area contributed by atoms with E-state index in [4.69, 9.17) is 9.72 Å². The Labute approximate surface area is 195 Å². The highest BCUT2D eigenvalue weighted by Gasteiger charge is 2.78. The molecule has 0 saturated heterocycles. The molecular formula is C22H28N6O4S. The predicted octanol–water partition coefficient (Wildman–Crippen LogP) is 1.83. The van der Waals surface area contributed by atoms with Gasteiger partial charge in [0.2, 0.25) is 5.95 Å². The van der Waals surface area contributed by atoms with Crippen molar-refractivity contribution in [1.29, 1.82) is 0 Å². The molecule has 11 heteroatoms. The van der Waals surface area contributed by atoms with E-state index in [1.807, 2.05) is 26.8 Å². The van der Waals surface area contributed by atoms with Crippen LogP contribution < -0.4 is 10.6 Å². The normalized spacial score (nSPS) is 29.2. The Kier molecular flexibility index (Phi) is 5.29. The van der Waals surface area contributed by atoms with Crippen molar-refractivity contribution in [2.24, 2.45) is 5.92 Å². The molecule has 33 heavy (non-hydrogen) atoms. The molecule has 5 atom stereocenters. The topological polar surface area (TPSA) is 146 Å². The molecule has 3 aromatic heterocycles. The first-order chi connectivity index (χ1) is 15.7. The highest BCUT2D eigenvalue weighted by molar-refractivity contribution is 7.21. The highest BCUT2D eigenvalue weighted by atomic mass is 32.1. The van der Waals surface area contributed by atoms with Crippen LogP contribution in [0, 0.1) is 19.8 Å². The molecule has 0 radical (unpaired) electrons. The lowest BCUT2D eigenvalue weighted by molar-refractivity contribution is -0.0851. The van der Waals surface area contributed by atoms with Gasteiger partial charge in [-0.3, -0.25) is 4.98 Å². The molecule has 2 aliphatic rings. The summed E-state index contributed by atoms with van der Waals surface area (Å²) in [6.45, 7) is 6.18. The van der Waals surface area contributed by atoms with Crippen LogP contribution in [-0.4, -0.2) is 72.4 Å². The lowest BCUT2D eigenvalue weighted by Gasteiger charge is -2.33. The van der Waals surface area contributed by atoms with Crippen molar-refractivity contribution in [3.05, 3.63) is 23.7 Å². The van der Waals surface area contributed by atoms with Crippen LogP contribution >= 0.6 is 11.3 Å². The van der Waals surface area contributed by atoms with E-state index in [-0.39, 0.29) is 12.0 Å². The summed E-state index contributed by atoms with van der Waals surface area (Å²) in [5.41, 5.74) is -0.395. The number of thiazole rings is 1. The largest absolute Gasteiger partial charge is 0.390 e. The summed E-state index contributed by atoms with van der Waals surface area (Å²) in [6, 6.07) is 1.91. The zero-order valence-electron chi connectivity index (χ0n) is 19.0. The van der Waals surface area contributed by atoms with Gasteiger partial charge in [0.15, 0.2) is 5.72 Å². The van der Waals surface area contributed by atoms with Gasteiger partial charge < -0.3 is 30.7 Å². The molecule has 0 amide bonds. The summed E-state index contributed by atoms with van der Waals surface area (Å²) in [7, 11) is 1.63. The third-order valence-electron chi connectivity index (χ3n) is 6.84. The summed E-state index contributed by atoms with van der Waals surface area (Å²) < 4.78 is 6.27. The van der Waals surface area contributed by atoms with Crippen LogP contribution in [0.25, 0.3) is 20.8 Å². The summed E-state index contributed by atoms with van der Waals surface area (Å²) in [4.78, 5) is 18.3. The van der Waals surface area contributed by atoms with Crippen molar-refractivity contribution in [3.8, 4) is 10.6 Å². The van der Waals surface area contributed by atoms with Crippen molar-refractivity contribution in [2.45, 2.75) is 57.1 Å². The van der Waals surface area contributed by atoms with E-state index in [2.05, 4.69) is 25.6 Å². The van der Waals surface area contributed by atoms with Crippen LogP contribution in [0.4, 0.5) is 11.8 Å². The number of rotatable bonds is 7. The molecule has 5 N–H and O–H groups in total. The van der Waals surface area contributed by atoms with Crippen molar-refractivity contribution in [2.75, 3.05) is 24.3 Å². The molecule has 176 valence electrons. The second-order valence-corrected chi connectivity index (χ2v) is 9.98. The van der Waals surface area contributed by atoms with Crippen LogP contribution in [-0.2, 0) is 4.74 Å². The fourth-order valence-electron chi connectivity index (χ4n) is 4.68. The van der Waals surface area contributed by atoms with E-state index in [9.17, 15) is 15.3 Å². The van der Waals surface area contributed by atoms with Crippen LogP contribution in [0.1, 0.15) is 31.2 Å². The maximum atomic E-state index is 11.3. The molecule has 0 spiro atoms. The molecule has 5 unspecified atom stereocenters. The minimum atomic E-state index is -1.71. The predicted molar refractivity (Wildman–Crippen MR) is 125 cm³/mol. The van der Waals surface area contributed by atoms with E-state index in [0.29, 0.717) is 47.4 Å². The zero-order chi connectivity index (χ0) is 23.5. The summed E-state index contributed by atoms with van der Waals surface area (Å²) in [6.07, 6.45) is 1.54.